The number of nitrogens with zero attached hydrogens (tertiary/aromatic N) is 2. The van der Waals surface area contributed by atoms with Gasteiger partial charge in [0, 0.05) is 10.8 Å². The molecule has 2 amide bonds. The predicted molar refractivity (Wildman–Crippen MR) is 143 cm³/mol. The first kappa shape index (κ1) is 22.3. The van der Waals surface area contributed by atoms with Crippen molar-refractivity contribution in [2.45, 2.75) is 0 Å². The van der Waals surface area contributed by atoms with Crippen LogP contribution in [0, 0.1) is 0 Å². The number of primary amides is 2. The molecule has 0 spiro atoms. The van der Waals surface area contributed by atoms with Crippen molar-refractivity contribution in [2.24, 2.45) is 11.5 Å². The topological polar surface area (TPSA) is 130 Å². The molecule has 177 valence electrons. The Morgan fingerprint density at radius 3 is 1.41 bits per heavy atom. The molecule has 2 heterocycles. The summed E-state index contributed by atoms with van der Waals surface area (Å²) in [7, 11) is 1.13. The number of benzene rings is 4. The van der Waals surface area contributed by atoms with E-state index in [1.54, 1.807) is 48.5 Å². The molecule has 1 radical (unpaired) electrons. The van der Waals surface area contributed by atoms with Gasteiger partial charge in [-0.2, -0.15) is 0 Å². The van der Waals surface area contributed by atoms with Crippen LogP contribution in [0.15, 0.2) is 84.9 Å². The first-order valence-electron chi connectivity index (χ1n) is 11.4. The number of carbonyl (C=O) groups is 2. The average Bonchev–Trinajstić information content (AvgIpc) is 2.90. The maximum Gasteiger partial charge on any atom is 0.658 e. The van der Waals surface area contributed by atoms with Gasteiger partial charge in [0.05, 0.1) is 44.0 Å². The van der Waals surface area contributed by atoms with Crippen LogP contribution in [0.4, 0.5) is 0 Å². The monoisotopic (exact) mass is 485 g/mol. The molecule has 0 saturated heterocycles. The van der Waals surface area contributed by atoms with Crippen LogP contribution in [-0.2, 0) is 0 Å². The van der Waals surface area contributed by atoms with Crippen molar-refractivity contribution in [1.29, 1.82) is 0 Å². The zero-order chi connectivity index (χ0) is 25.5. The van der Waals surface area contributed by atoms with Crippen molar-refractivity contribution in [3.05, 3.63) is 96.1 Å². The molecule has 0 fully saturated rings. The van der Waals surface area contributed by atoms with Crippen LogP contribution in [0.3, 0.4) is 0 Å². The second-order valence-corrected chi connectivity index (χ2v) is 8.37. The third-order valence-electron chi connectivity index (χ3n) is 6.18. The maximum atomic E-state index is 12.5. The first-order valence-corrected chi connectivity index (χ1v) is 11.4. The van der Waals surface area contributed by atoms with Gasteiger partial charge in [-0.25, -0.2) is 9.97 Å². The zero-order valence-corrected chi connectivity index (χ0v) is 19.3. The molecular formula is C28H18BN4O4. The number of aromatic nitrogens is 2. The molecule has 6 rings (SSSR count). The Hall–Kier alpha value is -5.18. The van der Waals surface area contributed by atoms with Gasteiger partial charge in [0.25, 0.3) is 0 Å². The summed E-state index contributed by atoms with van der Waals surface area (Å²) in [5.74, 6) is -0.524. The zero-order valence-electron chi connectivity index (χ0n) is 19.3. The van der Waals surface area contributed by atoms with E-state index >= 15 is 0 Å². The molecule has 0 atom stereocenters. The summed E-state index contributed by atoms with van der Waals surface area (Å²) in [4.78, 5) is 34.2. The van der Waals surface area contributed by atoms with Crippen molar-refractivity contribution < 1.29 is 18.9 Å². The summed E-state index contributed by atoms with van der Waals surface area (Å²) >= 11 is 0. The lowest BCUT2D eigenvalue weighted by atomic mass is 10.0. The van der Waals surface area contributed by atoms with E-state index in [1.807, 2.05) is 36.4 Å². The number of pyridine rings is 2. The van der Waals surface area contributed by atoms with E-state index < -0.39 is 11.8 Å². The number of fused-ring (bicyclic) bond motifs is 4. The number of nitrogens with two attached hydrogens (primary N) is 2. The minimum absolute atomic E-state index is 0.307. The van der Waals surface area contributed by atoms with Crippen LogP contribution in [0.1, 0.15) is 20.7 Å². The van der Waals surface area contributed by atoms with E-state index in [0.717, 1.165) is 7.69 Å². The van der Waals surface area contributed by atoms with Crippen molar-refractivity contribution in [3.8, 4) is 11.5 Å². The highest BCUT2D eigenvalue weighted by Gasteiger charge is 2.20. The fourth-order valence-electron chi connectivity index (χ4n) is 4.66. The Bertz CT molecular complexity index is 1750. The van der Waals surface area contributed by atoms with Crippen LogP contribution in [-0.4, -0.2) is 29.5 Å². The number of para-hydroxylation sites is 2. The van der Waals surface area contributed by atoms with Crippen LogP contribution >= 0.6 is 0 Å². The number of rotatable bonds is 6. The van der Waals surface area contributed by atoms with Gasteiger partial charge in [-0.05, 0) is 36.4 Å². The third-order valence-corrected chi connectivity index (χ3v) is 6.18. The lowest BCUT2D eigenvalue weighted by molar-refractivity contribution is 0.0994. The van der Waals surface area contributed by atoms with Gasteiger partial charge in [0.1, 0.15) is 11.5 Å². The third kappa shape index (κ3) is 3.73. The summed E-state index contributed by atoms with van der Waals surface area (Å²) in [5, 5.41) is 2.18. The fraction of sp³-hybridized carbons (Fsp3) is 0. The highest BCUT2D eigenvalue weighted by molar-refractivity contribution is 6.24. The Morgan fingerprint density at radius 1 is 0.568 bits per heavy atom. The molecule has 37 heavy (non-hydrogen) atoms. The highest BCUT2D eigenvalue weighted by atomic mass is 16.6. The molecule has 0 aliphatic rings. The lowest BCUT2D eigenvalue weighted by Crippen LogP contribution is -2.16. The van der Waals surface area contributed by atoms with Crippen molar-refractivity contribution >= 4 is 63.1 Å². The van der Waals surface area contributed by atoms with Crippen LogP contribution < -0.4 is 20.8 Å². The molecule has 4 aromatic carbocycles. The minimum Gasteiger partial charge on any atom is -0.526 e. The summed E-state index contributed by atoms with van der Waals surface area (Å²) in [6, 6.07) is 25.0. The minimum atomic E-state index is -0.598. The van der Waals surface area contributed by atoms with Gasteiger partial charge in [0.15, 0.2) is 0 Å². The summed E-state index contributed by atoms with van der Waals surface area (Å²) in [6.07, 6.45) is 0. The molecule has 0 bridgehead atoms. The quantitative estimate of drug-likeness (QED) is 0.268. The molecule has 0 saturated carbocycles. The van der Waals surface area contributed by atoms with Gasteiger partial charge in [-0.3, -0.25) is 9.59 Å². The van der Waals surface area contributed by atoms with E-state index in [2.05, 4.69) is 9.97 Å². The Morgan fingerprint density at radius 2 is 0.973 bits per heavy atom. The molecule has 8 nitrogen and oxygen atoms in total. The highest BCUT2D eigenvalue weighted by Crippen LogP contribution is 2.34. The Balaban J connectivity index is 1.42. The number of hydrogen-bond acceptors (Lipinski definition) is 6. The first-order chi connectivity index (χ1) is 18.0. The van der Waals surface area contributed by atoms with Crippen LogP contribution in [0.2, 0.25) is 0 Å². The van der Waals surface area contributed by atoms with Crippen molar-refractivity contribution in [2.75, 3.05) is 0 Å². The van der Waals surface area contributed by atoms with Gasteiger partial charge in [0.2, 0.25) is 11.8 Å². The molecule has 9 heteroatoms. The Labute approximate surface area is 211 Å². The van der Waals surface area contributed by atoms with Gasteiger partial charge < -0.3 is 20.8 Å². The van der Waals surface area contributed by atoms with Gasteiger partial charge in [-0.1, -0.05) is 48.5 Å². The number of hydrogen-bond donors (Lipinski definition) is 2. The van der Waals surface area contributed by atoms with E-state index in [-0.39, 0.29) is 0 Å². The molecule has 0 aliphatic carbocycles. The van der Waals surface area contributed by atoms with Gasteiger partial charge in [-0.15, -0.1) is 0 Å². The van der Waals surface area contributed by atoms with Crippen molar-refractivity contribution in [3.63, 3.8) is 0 Å². The van der Waals surface area contributed by atoms with E-state index in [9.17, 15) is 9.59 Å². The second kappa shape index (κ2) is 8.80. The summed E-state index contributed by atoms with van der Waals surface area (Å²) in [5.41, 5.74) is 14.6. The fourth-order valence-corrected chi connectivity index (χ4v) is 4.66. The molecule has 4 N–H and O–H groups in total. The summed E-state index contributed by atoms with van der Waals surface area (Å²) < 4.78 is 11.7. The molecule has 0 aliphatic heterocycles. The second-order valence-electron chi connectivity index (χ2n) is 8.37. The SMILES string of the molecule is NC(=O)c1c2ccccc2nc2cccc(O[B]Oc3cccc4nc5ccccc5c(C(N)=O)c34)c12. The van der Waals surface area contributed by atoms with Gasteiger partial charge >= 0.3 is 7.69 Å². The van der Waals surface area contributed by atoms with E-state index in [4.69, 9.17) is 20.8 Å². The normalized spacial score (nSPS) is 11.1. The van der Waals surface area contributed by atoms with Crippen LogP contribution in [0.25, 0.3) is 43.6 Å². The molecule has 6 aromatic rings. The summed E-state index contributed by atoms with van der Waals surface area (Å²) in [6.45, 7) is 0. The predicted octanol–water partition coefficient (Wildman–Crippen LogP) is 4.28. The Kier molecular flexibility index (Phi) is 5.30. The largest absolute Gasteiger partial charge is 0.658 e. The smallest absolute Gasteiger partial charge is 0.526 e. The van der Waals surface area contributed by atoms with Crippen LogP contribution in [0.5, 0.6) is 11.5 Å². The standard InChI is InChI=1S/C28H18BN4O4/c30-27(34)23-15-7-1-3-9-17(15)32-19-11-5-13-21(25(19)23)36-29-37-22-14-6-12-20-26(22)24(28(31)35)16-8-2-4-10-18(16)33-20/h1-14H,(H2,30,34)(H2,31,35). The molecular weight excluding hydrogens is 467 g/mol. The van der Waals surface area contributed by atoms with E-state index in [0.29, 0.717) is 66.2 Å². The van der Waals surface area contributed by atoms with Crippen molar-refractivity contribution in [1.82, 2.24) is 9.97 Å². The maximum absolute atomic E-state index is 12.5. The number of carbonyl (C=O) groups excluding carboxylic acids is 2. The number of amides is 2. The molecule has 0 unspecified atom stereocenters. The lowest BCUT2D eigenvalue weighted by Gasteiger charge is -2.15. The average molecular weight is 485 g/mol. The molecule has 2 aromatic heterocycles. The van der Waals surface area contributed by atoms with E-state index in [1.165, 1.54) is 0 Å².